The summed E-state index contributed by atoms with van der Waals surface area (Å²) in [5.41, 5.74) is 2.71. The summed E-state index contributed by atoms with van der Waals surface area (Å²) in [7, 11) is 1.82. The third kappa shape index (κ3) is 4.07. The second-order valence-corrected chi connectivity index (χ2v) is 8.26. The van der Waals surface area contributed by atoms with Crippen molar-refractivity contribution in [2.45, 2.75) is 38.4 Å². The van der Waals surface area contributed by atoms with Crippen LogP contribution in [0.5, 0.6) is 0 Å². The van der Waals surface area contributed by atoms with Crippen molar-refractivity contribution >= 4 is 22.6 Å². The van der Waals surface area contributed by atoms with E-state index in [1.807, 2.05) is 31.3 Å². The predicted molar refractivity (Wildman–Crippen MR) is 116 cm³/mol. The lowest BCUT2D eigenvalue weighted by atomic mass is 9.99. The number of hydrogen-bond acceptors (Lipinski definition) is 5. The number of carbonyl (C=O) groups is 1. The van der Waals surface area contributed by atoms with Gasteiger partial charge in [0.15, 0.2) is 0 Å². The van der Waals surface area contributed by atoms with Crippen molar-refractivity contribution in [3.63, 3.8) is 0 Å². The highest BCUT2D eigenvalue weighted by Crippen LogP contribution is 2.30. The maximum absolute atomic E-state index is 12.9. The van der Waals surface area contributed by atoms with Crippen molar-refractivity contribution < 1.29 is 4.79 Å². The molecule has 3 aromatic rings. The molecule has 2 heterocycles. The summed E-state index contributed by atoms with van der Waals surface area (Å²) in [6.45, 7) is 6.22. The fourth-order valence-corrected chi connectivity index (χ4v) is 4.16. The predicted octanol–water partition coefficient (Wildman–Crippen LogP) is 3.45. The molecular weight excluding hydrogens is 362 g/mol. The highest BCUT2D eigenvalue weighted by molar-refractivity contribution is 5.99. The number of anilines is 1. The summed E-state index contributed by atoms with van der Waals surface area (Å²) >= 11 is 0. The highest BCUT2D eigenvalue weighted by Gasteiger charge is 2.38. The molecule has 0 spiro atoms. The van der Waals surface area contributed by atoms with E-state index in [4.69, 9.17) is 0 Å². The van der Waals surface area contributed by atoms with Gasteiger partial charge in [0.25, 0.3) is 5.91 Å². The smallest absolute Gasteiger partial charge is 0.251 e. The lowest BCUT2D eigenvalue weighted by Gasteiger charge is -2.31. The minimum atomic E-state index is -0.0566. The van der Waals surface area contributed by atoms with Gasteiger partial charge < -0.3 is 10.6 Å². The van der Waals surface area contributed by atoms with Gasteiger partial charge in [0.1, 0.15) is 12.1 Å². The summed E-state index contributed by atoms with van der Waals surface area (Å²) in [6.07, 6.45) is 2.43. The Balaban J connectivity index is 1.46. The second kappa shape index (κ2) is 7.79. The minimum Gasteiger partial charge on any atom is -0.373 e. The van der Waals surface area contributed by atoms with E-state index >= 15 is 0 Å². The van der Waals surface area contributed by atoms with Gasteiger partial charge in [0.05, 0.1) is 5.52 Å². The fourth-order valence-electron chi connectivity index (χ4n) is 4.16. The Bertz CT molecular complexity index is 1020. The average molecular weight is 390 g/mol. The fraction of sp³-hybridized carbons (Fsp3) is 0.348. The first-order chi connectivity index (χ1) is 14.0. The number of rotatable bonds is 5. The van der Waals surface area contributed by atoms with Crippen LogP contribution in [0.2, 0.25) is 0 Å². The molecule has 2 aromatic carbocycles. The standard InChI is InChI=1S/C23H27N5O/c1-23(2)12-18(14-28(23)13-16-7-5-4-6-8-16)27-22(29)17-9-10-19-20(11-17)25-15-26-21(19)24-3/h4-11,15,18H,12-14H2,1-3H3,(H,27,29)(H,24,25,26). The van der Waals surface area contributed by atoms with Crippen LogP contribution in [0.3, 0.4) is 0 Å². The summed E-state index contributed by atoms with van der Waals surface area (Å²) in [6, 6.07) is 16.2. The molecule has 1 atom stereocenters. The van der Waals surface area contributed by atoms with E-state index in [0.717, 1.165) is 36.2 Å². The number of aromatic nitrogens is 2. The third-order valence-corrected chi connectivity index (χ3v) is 5.73. The number of fused-ring (bicyclic) bond motifs is 1. The van der Waals surface area contributed by atoms with E-state index in [2.05, 4.69) is 63.6 Å². The van der Waals surface area contributed by atoms with E-state index < -0.39 is 0 Å². The monoisotopic (exact) mass is 389 g/mol. The first-order valence-electron chi connectivity index (χ1n) is 9.98. The van der Waals surface area contributed by atoms with Crippen molar-refractivity contribution in [3.8, 4) is 0 Å². The van der Waals surface area contributed by atoms with Crippen LogP contribution in [0.25, 0.3) is 10.9 Å². The summed E-state index contributed by atoms with van der Waals surface area (Å²) in [4.78, 5) is 23.9. The van der Waals surface area contributed by atoms with Crippen LogP contribution in [0.1, 0.15) is 36.2 Å². The molecule has 29 heavy (non-hydrogen) atoms. The van der Waals surface area contributed by atoms with Crippen LogP contribution < -0.4 is 10.6 Å². The van der Waals surface area contributed by atoms with Gasteiger partial charge in [0.2, 0.25) is 0 Å². The van der Waals surface area contributed by atoms with E-state index in [9.17, 15) is 4.79 Å². The van der Waals surface area contributed by atoms with Crippen molar-refractivity contribution in [2.75, 3.05) is 18.9 Å². The molecule has 1 aliphatic heterocycles. The van der Waals surface area contributed by atoms with E-state index in [1.165, 1.54) is 11.9 Å². The van der Waals surface area contributed by atoms with E-state index in [0.29, 0.717) is 5.56 Å². The molecule has 1 unspecified atom stereocenters. The lowest BCUT2D eigenvalue weighted by molar-refractivity contribution is 0.0937. The van der Waals surface area contributed by atoms with Crippen LogP contribution in [0, 0.1) is 0 Å². The number of nitrogens with one attached hydrogen (secondary N) is 2. The van der Waals surface area contributed by atoms with Crippen molar-refractivity contribution in [2.24, 2.45) is 0 Å². The van der Waals surface area contributed by atoms with Crippen LogP contribution in [0.4, 0.5) is 5.82 Å². The number of nitrogens with zero attached hydrogens (tertiary/aromatic N) is 3. The Morgan fingerprint density at radius 1 is 1.17 bits per heavy atom. The van der Waals surface area contributed by atoms with Gasteiger partial charge in [-0.3, -0.25) is 9.69 Å². The Kier molecular flexibility index (Phi) is 5.20. The summed E-state index contributed by atoms with van der Waals surface area (Å²) < 4.78 is 0. The maximum atomic E-state index is 12.9. The molecule has 1 aromatic heterocycles. The molecule has 1 amide bonds. The van der Waals surface area contributed by atoms with Gasteiger partial charge in [-0.25, -0.2) is 9.97 Å². The van der Waals surface area contributed by atoms with Crippen molar-refractivity contribution in [1.82, 2.24) is 20.2 Å². The molecular formula is C23H27N5O. The normalized spacial score (nSPS) is 18.7. The largest absolute Gasteiger partial charge is 0.373 e. The summed E-state index contributed by atoms with van der Waals surface area (Å²) in [5.74, 6) is 0.704. The molecule has 1 saturated heterocycles. The Morgan fingerprint density at radius 2 is 1.97 bits per heavy atom. The molecule has 1 aliphatic rings. The first-order valence-corrected chi connectivity index (χ1v) is 9.98. The molecule has 6 heteroatoms. The molecule has 0 radical (unpaired) electrons. The molecule has 150 valence electrons. The summed E-state index contributed by atoms with van der Waals surface area (Å²) in [5, 5.41) is 7.18. The molecule has 0 bridgehead atoms. The SMILES string of the molecule is CNc1ncnc2cc(C(=O)NC3CN(Cc4ccccc4)C(C)(C)C3)ccc12. The average Bonchev–Trinajstić information content (AvgIpc) is 3.00. The van der Waals surface area contributed by atoms with Crippen LogP contribution in [0.15, 0.2) is 54.9 Å². The topological polar surface area (TPSA) is 70.1 Å². The van der Waals surface area contributed by atoms with Gasteiger partial charge in [0, 0.05) is 42.7 Å². The molecule has 4 rings (SSSR count). The third-order valence-electron chi connectivity index (χ3n) is 5.73. The Morgan fingerprint density at radius 3 is 2.72 bits per heavy atom. The van der Waals surface area contributed by atoms with Crippen LogP contribution in [-0.2, 0) is 6.54 Å². The second-order valence-electron chi connectivity index (χ2n) is 8.26. The molecule has 0 aliphatic carbocycles. The number of carbonyl (C=O) groups excluding carboxylic acids is 1. The molecule has 6 nitrogen and oxygen atoms in total. The number of hydrogen-bond donors (Lipinski definition) is 2. The van der Waals surface area contributed by atoms with E-state index in [1.54, 1.807) is 0 Å². The van der Waals surface area contributed by atoms with Gasteiger partial charge in [-0.15, -0.1) is 0 Å². The minimum absolute atomic E-state index is 0.0338. The number of amides is 1. The van der Waals surface area contributed by atoms with Gasteiger partial charge in [-0.05, 0) is 44.0 Å². The van der Waals surface area contributed by atoms with Crippen molar-refractivity contribution in [3.05, 3.63) is 66.0 Å². The molecule has 0 saturated carbocycles. The number of benzene rings is 2. The van der Waals surface area contributed by atoms with Gasteiger partial charge >= 0.3 is 0 Å². The zero-order chi connectivity index (χ0) is 20.4. The van der Waals surface area contributed by atoms with Gasteiger partial charge in [-0.2, -0.15) is 0 Å². The van der Waals surface area contributed by atoms with E-state index in [-0.39, 0.29) is 17.5 Å². The quantitative estimate of drug-likeness (QED) is 0.699. The zero-order valence-corrected chi connectivity index (χ0v) is 17.1. The van der Waals surface area contributed by atoms with Gasteiger partial charge in [-0.1, -0.05) is 30.3 Å². The zero-order valence-electron chi connectivity index (χ0n) is 17.1. The lowest BCUT2D eigenvalue weighted by Crippen LogP contribution is -2.38. The van der Waals surface area contributed by atoms with Crippen LogP contribution in [-0.4, -0.2) is 45.9 Å². The van der Waals surface area contributed by atoms with Crippen LogP contribution >= 0.6 is 0 Å². The molecule has 2 N–H and O–H groups in total. The Hall–Kier alpha value is -2.99. The molecule has 1 fully saturated rings. The van der Waals surface area contributed by atoms with Crippen molar-refractivity contribution in [1.29, 1.82) is 0 Å². The first kappa shape index (κ1) is 19.3. The maximum Gasteiger partial charge on any atom is 0.251 e. The Labute approximate surface area is 171 Å². The number of likely N-dealkylation sites (tertiary alicyclic amines) is 1. The highest BCUT2D eigenvalue weighted by atomic mass is 16.1.